The topological polar surface area (TPSA) is 73.1 Å². The molecule has 27 heavy (non-hydrogen) atoms. The first-order chi connectivity index (χ1) is 12.9. The molecule has 3 aromatic rings. The average Bonchev–Trinajstić information content (AvgIpc) is 2.64. The van der Waals surface area contributed by atoms with Crippen LogP contribution in [0.25, 0.3) is 11.1 Å². The maximum Gasteiger partial charge on any atom is 0.259 e. The molecule has 0 aliphatic carbocycles. The maximum absolute atomic E-state index is 14.2. The molecule has 0 saturated heterocycles. The van der Waals surface area contributed by atoms with Crippen LogP contribution in [-0.2, 0) is 0 Å². The molecule has 0 radical (unpaired) electrons. The van der Waals surface area contributed by atoms with Crippen molar-refractivity contribution in [3.8, 4) is 22.9 Å². The monoisotopic (exact) mass is 380 g/mol. The number of carbonyl (C=O) groups is 1. The SMILES string of the molecule is Cc1ccc(-c2ccc(O)c(C(=O)Nc3ccc(C#N)cc3Cl)c2)c(F)c1. The third kappa shape index (κ3) is 3.91. The van der Waals surface area contributed by atoms with Gasteiger partial charge in [0.25, 0.3) is 5.91 Å². The summed E-state index contributed by atoms with van der Waals surface area (Å²) in [6.45, 7) is 1.78. The van der Waals surface area contributed by atoms with E-state index in [4.69, 9.17) is 16.9 Å². The molecule has 0 aliphatic heterocycles. The Bertz CT molecular complexity index is 1090. The molecule has 0 atom stereocenters. The average molecular weight is 381 g/mol. The van der Waals surface area contributed by atoms with Crippen LogP contribution < -0.4 is 5.32 Å². The molecule has 0 bridgehead atoms. The lowest BCUT2D eigenvalue weighted by atomic mass is 10.0. The fraction of sp³-hybridized carbons (Fsp3) is 0.0476. The second kappa shape index (κ2) is 7.48. The summed E-state index contributed by atoms with van der Waals surface area (Å²) >= 11 is 6.06. The molecule has 0 fully saturated rings. The Morgan fingerprint density at radius 2 is 1.93 bits per heavy atom. The van der Waals surface area contributed by atoms with E-state index in [0.29, 0.717) is 22.4 Å². The van der Waals surface area contributed by atoms with Gasteiger partial charge in [-0.3, -0.25) is 4.79 Å². The highest BCUT2D eigenvalue weighted by Gasteiger charge is 2.16. The van der Waals surface area contributed by atoms with Gasteiger partial charge in [0.1, 0.15) is 11.6 Å². The Hall–Kier alpha value is -3.36. The standard InChI is InChI=1S/C21H14ClFN2O2/c1-12-2-5-15(18(23)8-12)14-4-7-20(26)16(10-14)21(27)25-19-6-3-13(11-24)9-17(19)22/h2-10,26H,1H3,(H,25,27). The molecule has 0 unspecified atom stereocenters. The van der Waals surface area contributed by atoms with Crippen LogP contribution in [0.2, 0.25) is 5.02 Å². The van der Waals surface area contributed by atoms with Crippen molar-refractivity contribution in [1.82, 2.24) is 0 Å². The molecule has 0 heterocycles. The van der Waals surface area contributed by atoms with E-state index < -0.39 is 11.7 Å². The highest BCUT2D eigenvalue weighted by molar-refractivity contribution is 6.34. The number of aromatic hydroxyl groups is 1. The van der Waals surface area contributed by atoms with Gasteiger partial charge in [-0.1, -0.05) is 29.8 Å². The summed E-state index contributed by atoms with van der Waals surface area (Å²) in [6.07, 6.45) is 0. The number of nitriles is 1. The highest BCUT2D eigenvalue weighted by Crippen LogP contribution is 2.30. The van der Waals surface area contributed by atoms with Crippen LogP contribution in [0.1, 0.15) is 21.5 Å². The molecule has 0 spiro atoms. The molecule has 3 aromatic carbocycles. The fourth-order valence-electron chi connectivity index (χ4n) is 2.62. The zero-order valence-electron chi connectivity index (χ0n) is 14.3. The second-order valence-corrected chi connectivity index (χ2v) is 6.38. The number of rotatable bonds is 3. The molecule has 0 aromatic heterocycles. The van der Waals surface area contributed by atoms with Gasteiger partial charge in [-0.25, -0.2) is 4.39 Å². The quantitative estimate of drug-likeness (QED) is 0.648. The van der Waals surface area contributed by atoms with E-state index in [1.165, 1.54) is 42.5 Å². The van der Waals surface area contributed by atoms with E-state index in [-0.39, 0.29) is 16.3 Å². The summed E-state index contributed by atoms with van der Waals surface area (Å²) in [5.74, 6) is -1.26. The van der Waals surface area contributed by atoms with Gasteiger partial charge >= 0.3 is 0 Å². The van der Waals surface area contributed by atoms with Crippen molar-refractivity contribution in [2.24, 2.45) is 0 Å². The Kier molecular flexibility index (Phi) is 5.11. The van der Waals surface area contributed by atoms with Gasteiger partial charge in [0.15, 0.2) is 0 Å². The Labute approximate surface area is 160 Å². The Morgan fingerprint density at radius 1 is 1.15 bits per heavy atom. The van der Waals surface area contributed by atoms with Gasteiger partial charge < -0.3 is 10.4 Å². The summed E-state index contributed by atoms with van der Waals surface area (Å²) < 4.78 is 14.2. The number of anilines is 1. The normalized spacial score (nSPS) is 10.3. The van der Waals surface area contributed by atoms with Gasteiger partial charge in [-0.2, -0.15) is 5.26 Å². The predicted octanol–water partition coefficient (Wildman–Crippen LogP) is 5.28. The minimum atomic E-state index is -0.603. The summed E-state index contributed by atoms with van der Waals surface area (Å²) in [6, 6.07) is 15.5. The van der Waals surface area contributed by atoms with Crippen molar-refractivity contribution in [1.29, 1.82) is 5.26 Å². The Morgan fingerprint density at radius 3 is 2.59 bits per heavy atom. The number of carbonyl (C=O) groups excluding carboxylic acids is 1. The number of nitrogens with one attached hydrogen (secondary N) is 1. The third-order valence-corrected chi connectivity index (χ3v) is 4.34. The van der Waals surface area contributed by atoms with Gasteiger partial charge in [-0.05, 0) is 54.4 Å². The summed E-state index contributed by atoms with van der Waals surface area (Å²) in [4.78, 5) is 12.6. The first-order valence-corrected chi connectivity index (χ1v) is 8.37. The van der Waals surface area contributed by atoms with Crippen molar-refractivity contribution in [2.45, 2.75) is 6.92 Å². The summed E-state index contributed by atoms with van der Waals surface area (Å²) in [5.41, 5.74) is 2.20. The van der Waals surface area contributed by atoms with Gasteiger partial charge in [0.2, 0.25) is 0 Å². The van der Waals surface area contributed by atoms with E-state index in [2.05, 4.69) is 5.32 Å². The minimum absolute atomic E-state index is 0.0205. The van der Waals surface area contributed by atoms with Gasteiger partial charge in [-0.15, -0.1) is 0 Å². The van der Waals surface area contributed by atoms with Crippen LogP contribution in [0, 0.1) is 24.1 Å². The summed E-state index contributed by atoms with van der Waals surface area (Å²) in [5, 5.41) is 21.7. The number of hydrogen-bond acceptors (Lipinski definition) is 3. The van der Waals surface area contributed by atoms with E-state index in [0.717, 1.165) is 5.56 Å². The molecule has 0 aliphatic rings. The number of hydrogen-bond donors (Lipinski definition) is 2. The molecule has 0 saturated carbocycles. The molecule has 2 N–H and O–H groups in total. The van der Waals surface area contributed by atoms with Crippen molar-refractivity contribution in [2.75, 3.05) is 5.32 Å². The molecule has 6 heteroatoms. The van der Waals surface area contributed by atoms with Gasteiger partial charge in [0.05, 0.1) is 27.9 Å². The minimum Gasteiger partial charge on any atom is -0.507 e. The van der Waals surface area contributed by atoms with Crippen LogP contribution in [0.3, 0.4) is 0 Å². The first-order valence-electron chi connectivity index (χ1n) is 7.99. The first kappa shape index (κ1) is 18.4. The number of benzene rings is 3. The summed E-state index contributed by atoms with van der Waals surface area (Å²) in [7, 11) is 0. The van der Waals surface area contributed by atoms with Crippen molar-refractivity contribution in [3.05, 3.63) is 82.1 Å². The molecular weight excluding hydrogens is 367 g/mol. The molecule has 3 rings (SSSR count). The Balaban J connectivity index is 1.94. The van der Waals surface area contributed by atoms with Crippen molar-refractivity contribution >= 4 is 23.2 Å². The number of nitrogens with zero attached hydrogens (tertiary/aromatic N) is 1. The van der Waals surface area contributed by atoms with Crippen LogP contribution in [0.4, 0.5) is 10.1 Å². The number of aryl methyl sites for hydroxylation is 1. The lowest BCUT2D eigenvalue weighted by Crippen LogP contribution is -2.12. The number of amides is 1. The van der Waals surface area contributed by atoms with E-state index >= 15 is 0 Å². The zero-order valence-corrected chi connectivity index (χ0v) is 15.0. The molecule has 134 valence electrons. The smallest absolute Gasteiger partial charge is 0.259 e. The third-order valence-electron chi connectivity index (χ3n) is 4.02. The van der Waals surface area contributed by atoms with Crippen molar-refractivity contribution < 1.29 is 14.3 Å². The van der Waals surface area contributed by atoms with E-state index in [9.17, 15) is 14.3 Å². The van der Waals surface area contributed by atoms with Crippen LogP contribution in [-0.4, -0.2) is 11.0 Å². The predicted molar refractivity (Wildman–Crippen MR) is 102 cm³/mol. The molecule has 1 amide bonds. The highest BCUT2D eigenvalue weighted by atomic mass is 35.5. The lowest BCUT2D eigenvalue weighted by Gasteiger charge is -2.11. The van der Waals surface area contributed by atoms with Crippen LogP contribution in [0.15, 0.2) is 54.6 Å². The molecular formula is C21H14ClFN2O2. The second-order valence-electron chi connectivity index (χ2n) is 5.98. The van der Waals surface area contributed by atoms with Gasteiger partial charge in [0, 0.05) is 5.56 Å². The fourth-order valence-corrected chi connectivity index (χ4v) is 2.84. The maximum atomic E-state index is 14.2. The van der Waals surface area contributed by atoms with Crippen LogP contribution >= 0.6 is 11.6 Å². The zero-order chi connectivity index (χ0) is 19.6. The number of phenolic OH excluding ortho intramolecular Hbond substituents is 1. The van der Waals surface area contributed by atoms with E-state index in [1.807, 2.05) is 6.07 Å². The number of phenols is 1. The largest absolute Gasteiger partial charge is 0.507 e. The lowest BCUT2D eigenvalue weighted by molar-refractivity contribution is 0.102. The van der Waals surface area contributed by atoms with Crippen molar-refractivity contribution in [3.63, 3.8) is 0 Å². The number of halogens is 2. The van der Waals surface area contributed by atoms with E-state index in [1.54, 1.807) is 19.1 Å². The van der Waals surface area contributed by atoms with Crippen LogP contribution in [0.5, 0.6) is 5.75 Å². The molecule has 4 nitrogen and oxygen atoms in total.